The molecule has 6 nitrogen and oxygen atoms in total. The zero-order chi connectivity index (χ0) is 18.1. The Labute approximate surface area is 151 Å². The van der Waals surface area contributed by atoms with Crippen molar-refractivity contribution < 1.29 is 14.1 Å². The molecule has 132 valence electrons. The quantitative estimate of drug-likeness (QED) is 0.720. The lowest BCUT2D eigenvalue weighted by Gasteiger charge is -2.16. The number of rotatable bonds is 4. The summed E-state index contributed by atoms with van der Waals surface area (Å²) in [5.41, 5.74) is 2.86. The topological polar surface area (TPSA) is 68.5 Å². The number of hydrogen-bond donors (Lipinski definition) is 0. The molecular formula is C20H19N3O3. The Morgan fingerprint density at radius 2 is 2.00 bits per heavy atom. The third-order valence-electron chi connectivity index (χ3n) is 4.59. The zero-order valence-electron chi connectivity index (χ0n) is 14.7. The maximum absolute atomic E-state index is 12.4. The van der Waals surface area contributed by atoms with Crippen LogP contribution in [0, 0.1) is 6.92 Å². The predicted molar refractivity (Wildman–Crippen MR) is 97.2 cm³/mol. The number of methoxy groups -OCH3 is 1. The zero-order valence-corrected chi connectivity index (χ0v) is 14.7. The third-order valence-corrected chi connectivity index (χ3v) is 4.59. The molecule has 0 bridgehead atoms. The van der Waals surface area contributed by atoms with Crippen LogP contribution in [0.4, 0.5) is 5.69 Å². The summed E-state index contributed by atoms with van der Waals surface area (Å²) < 4.78 is 10.6. The highest BCUT2D eigenvalue weighted by molar-refractivity contribution is 5.96. The van der Waals surface area contributed by atoms with Crippen molar-refractivity contribution >= 4 is 11.6 Å². The van der Waals surface area contributed by atoms with Crippen molar-refractivity contribution in [1.29, 1.82) is 0 Å². The number of carbonyl (C=O) groups excluding carboxylic acids is 1. The summed E-state index contributed by atoms with van der Waals surface area (Å²) in [6, 6.07) is 15.4. The Kier molecular flexibility index (Phi) is 4.16. The maximum atomic E-state index is 12.4. The lowest BCUT2D eigenvalue weighted by molar-refractivity contribution is -0.117. The van der Waals surface area contributed by atoms with Crippen molar-refractivity contribution in [2.45, 2.75) is 19.3 Å². The summed E-state index contributed by atoms with van der Waals surface area (Å²) in [7, 11) is 1.61. The van der Waals surface area contributed by atoms with Gasteiger partial charge in [0.25, 0.3) is 5.89 Å². The number of ether oxygens (including phenoxy) is 1. The fraction of sp³-hybridized carbons (Fsp3) is 0.250. The molecule has 4 rings (SSSR count). The second-order valence-electron chi connectivity index (χ2n) is 6.43. The van der Waals surface area contributed by atoms with E-state index in [1.165, 1.54) is 0 Å². The molecule has 1 aromatic heterocycles. The Hall–Kier alpha value is -3.15. The molecule has 6 heteroatoms. The highest BCUT2D eigenvalue weighted by Crippen LogP contribution is 2.32. The minimum atomic E-state index is -0.0769. The van der Waals surface area contributed by atoms with E-state index >= 15 is 0 Å². The van der Waals surface area contributed by atoms with Crippen LogP contribution < -0.4 is 9.64 Å². The molecule has 0 spiro atoms. The summed E-state index contributed by atoms with van der Waals surface area (Å²) in [6.45, 7) is 2.58. The molecule has 1 atom stereocenters. The smallest absolute Gasteiger partial charge is 0.258 e. The molecule has 1 aliphatic rings. The second kappa shape index (κ2) is 6.63. The average Bonchev–Trinajstić information content (AvgIpc) is 3.29. The van der Waals surface area contributed by atoms with Gasteiger partial charge in [-0.05, 0) is 37.3 Å². The van der Waals surface area contributed by atoms with Gasteiger partial charge in [-0.1, -0.05) is 28.9 Å². The van der Waals surface area contributed by atoms with Gasteiger partial charge in [-0.15, -0.1) is 0 Å². The van der Waals surface area contributed by atoms with Gasteiger partial charge in [-0.2, -0.15) is 4.98 Å². The first-order valence-electron chi connectivity index (χ1n) is 8.49. The van der Waals surface area contributed by atoms with Crippen LogP contribution in [0.3, 0.4) is 0 Å². The van der Waals surface area contributed by atoms with E-state index in [-0.39, 0.29) is 11.8 Å². The van der Waals surface area contributed by atoms with Crippen LogP contribution in [-0.2, 0) is 4.79 Å². The van der Waals surface area contributed by atoms with Crippen molar-refractivity contribution in [3.05, 3.63) is 59.9 Å². The normalized spacial score (nSPS) is 16.9. The van der Waals surface area contributed by atoms with E-state index in [1.807, 2.05) is 55.5 Å². The molecule has 1 amide bonds. The number of aryl methyl sites for hydroxylation is 1. The Balaban J connectivity index is 1.54. The molecule has 0 N–H and O–H groups in total. The molecule has 2 heterocycles. The van der Waals surface area contributed by atoms with E-state index in [0.29, 0.717) is 24.7 Å². The van der Waals surface area contributed by atoms with E-state index in [0.717, 1.165) is 22.6 Å². The van der Waals surface area contributed by atoms with E-state index in [1.54, 1.807) is 12.0 Å². The van der Waals surface area contributed by atoms with Crippen LogP contribution in [0.5, 0.6) is 5.75 Å². The van der Waals surface area contributed by atoms with Crippen molar-refractivity contribution in [3.63, 3.8) is 0 Å². The van der Waals surface area contributed by atoms with Crippen LogP contribution in [-0.4, -0.2) is 29.7 Å². The second-order valence-corrected chi connectivity index (χ2v) is 6.43. The molecule has 0 radical (unpaired) electrons. The molecule has 1 fully saturated rings. The first-order chi connectivity index (χ1) is 12.6. The minimum Gasteiger partial charge on any atom is -0.497 e. The fourth-order valence-corrected chi connectivity index (χ4v) is 3.13. The predicted octanol–water partition coefficient (Wildman–Crippen LogP) is 3.57. The number of carbonyl (C=O) groups is 1. The molecular weight excluding hydrogens is 330 g/mol. The monoisotopic (exact) mass is 349 g/mol. The van der Waals surface area contributed by atoms with Gasteiger partial charge in [0.2, 0.25) is 5.91 Å². The summed E-state index contributed by atoms with van der Waals surface area (Å²) in [5, 5.41) is 4.10. The number of nitrogens with zero attached hydrogens (tertiary/aromatic N) is 3. The molecule has 26 heavy (non-hydrogen) atoms. The van der Waals surface area contributed by atoms with Gasteiger partial charge < -0.3 is 14.2 Å². The summed E-state index contributed by atoms with van der Waals surface area (Å²) in [6.07, 6.45) is 0.380. The Morgan fingerprint density at radius 1 is 1.19 bits per heavy atom. The number of hydrogen-bond acceptors (Lipinski definition) is 5. The van der Waals surface area contributed by atoms with E-state index < -0.39 is 0 Å². The lowest BCUT2D eigenvalue weighted by atomic mass is 10.1. The van der Waals surface area contributed by atoms with Crippen molar-refractivity contribution in [3.8, 4) is 17.2 Å². The van der Waals surface area contributed by atoms with Crippen LogP contribution in [0.15, 0.2) is 53.1 Å². The highest BCUT2D eigenvalue weighted by atomic mass is 16.5. The number of amides is 1. The van der Waals surface area contributed by atoms with Crippen molar-refractivity contribution in [2.24, 2.45) is 0 Å². The van der Waals surface area contributed by atoms with Gasteiger partial charge in [0.1, 0.15) is 5.75 Å². The van der Waals surface area contributed by atoms with Gasteiger partial charge >= 0.3 is 0 Å². The van der Waals surface area contributed by atoms with Gasteiger partial charge in [0, 0.05) is 30.1 Å². The summed E-state index contributed by atoms with van der Waals surface area (Å²) in [4.78, 5) is 18.7. The number of benzene rings is 2. The van der Waals surface area contributed by atoms with E-state index in [2.05, 4.69) is 10.1 Å². The first-order valence-corrected chi connectivity index (χ1v) is 8.49. The van der Waals surface area contributed by atoms with E-state index in [9.17, 15) is 4.79 Å². The molecule has 3 aromatic rings. The van der Waals surface area contributed by atoms with Crippen LogP contribution in [0.25, 0.3) is 11.5 Å². The average molecular weight is 349 g/mol. The summed E-state index contributed by atoms with van der Waals surface area (Å²) in [5.74, 6) is 1.72. The van der Waals surface area contributed by atoms with Crippen molar-refractivity contribution in [1.82, 2.24) is 10.1 Å². The van der Waals surface area contributed by atoms with Crippen LogP contribution in [0.2, 0.25) is 0 Å². The number of anilines is 1. The molecule has 1 saturated heterocycles. The SMILES string of the molecule is COc1cccc(-c2nc(C3CC(=O)N(c4ccc(C)cc4)C3)no2)c1. The third kappa shape index (κ3) is 3.06. The Bertz CT molecular complexity index is 933. The fourth-order valence-electron chi connectivity index (χ4n) is 3.13. The highest BCUT2D eigenvalue weighted by Gasteiger charge is 2.34. The van der Waals surface area contributed by atoms with E-state index in [4.69, 9.17) is 9.26 Å². The van der Waals surface area contributed by atoms with Crippen molar-refractivity contribution in [2.75, 3.05) is 18.6 Å². The summed E-state index contributed by atoms with van der Waals surface area (Å²) >= 11 is 0. The molecule has 1 unspecified atom stereocenters. The standard InChI is InChI=1S/C20H19N3O3/c1-13-6-8-16(9-7-13)23-12-15(11-18(23)24)19-21-20(26-22-19)14-4-3-5-17(10-14)25-2/h3-10,15H,11-12H2,1-2H3. The molecule has 0 aliphatic carbocycles. The molecule has 2 aromatic carbocycles. The largest absolute Gasteiger partial charge is 0.497 e. The first kappa shape index (κ1) is 16.3. The minimum absolute atomic E-state index is 0.0755. The van der Waals surface area contributed by atoms with Gasteiger partial charge in [0.05, 0.1) is 7.11 Å². The lowest BCUT2D eigenvalue weighted by Crippen LogP contribution is -2.24. The maximum Gasteiger partial charge on any atom is 0.258 e. The van der Waals surface area contributed by atoms with Crippen LogP contribution >= 0.6 is 0 Å². The van der Waals surface area contributed by atoms with Gasteiger partial charge in [-0.3, -0.25) is 4.79 Å². The Morgan fingerprint density at radius 3 is 2.77 bits per heavy atom. The van der Waals surface area contributed by atoms with Gasteiger partial charge in [-0.25, -0.2) is 0 Å². The van der Waals surface area contributed by atoms with Crippen LogP contribution in [0.1, 0.15) is 23.7 Å². The van der Waals surface area contributed by atoms with Gasteiger partial charge in [0.15, 0.2) is 5.82 Å². The molecule has 1 aliphatic heterocycles. The molecule has 0 saturated carbocycles. The number of aromatic nitrogens is 2.